The number of halogens is 2. The van der Waals surface area contributed by atoms with Gasteiger partial charge in [-0.15, -0.1) is 0 Å². The minimum Gasteiger partial charge on any atom is -0.333 e. The van der Waals surface area contributed by atoms with Gasteiger partial charge in [0, 0.05) is 9.13 Å². The molecule has 0 spiro atoms. The summed E-state index contributed by atoms with van der Waals surface area (Å²) in [6.45, 7) is 0. The molecule has 0 saturated heterocycles. The molecule has 5 heteroatoms. The minimum absolute atomic E-state index is 0.473. The summed E-state index contributed by atoms with van der Waals surface area (Å²) >= 11 is 5.37. The summed E-state index contributed by atoms with van der Waals surface area (Å²) in [6, 6.07) is 7.88. The van der Waals surface area contributed by atoms with E-state index in [9.17, 15) is 0 Å². The number of hydrogen-bond donors (Lipinski definition) is 0. The summed E-state index contributed by atoms with van der Waals surface area (Å²) in [7, 11) is 0. The summed E-state index contributed by atoms with van der Waals surface area (Å²) in [6.07, 6.45) is 0. The van der Waals surface area contributed by atoms with Crippen LogP contribution in [0.2, 0.25) is 0 Å². The molecule has 0 amide bonds. The third-order valence-corrected chi connectivity index (χ3v) is 2.47. The molecule has 3 nitrogen and oxygen atoms in total. The predicted octanol–water partition coefficient (Wildman–Crippen LogP) is 3.10. The van der Waals surface area contributed by atoms with Crippen LogP contribution in [0.3, 0.4) is 0 Å². The number of hydrogen-bond acceptors (Lipinski definition) is 3. The van der Waals surface area contributed by atoms with Crippen molar-refractivity contribution in [3.63, 3.8) is 0 Å². The first-order valence-electron chi connectivity index (χ1n) is 3.51. The fourth-order valence-electron chi connectivity index (χ4n) is 0.944. The molecule has 13 heavy (non-hydrogen) atoms. The summed E-state index contributed by atoms with van der Waals surface area (Å²) in [5, 5.41) is 3.65. The lowest BCUT2D eigenvalue weighted by Crippen LogP contribution is -1.77. The molecule has 1 aromatic carbocycles. The highest BCUT2D eigenvalue weighted by Gasteiger charge is 2.05. The van der Waals surface area contributed by atoms with Crippen molar-refractivity contribution in [3.8, 4) is 11.5 Å². The summed E-state index contributed by atoms with van der Waals surface area (Å²) in [5.74, 6) is 0.533. The minimum atomic E-state index is 0.473. The molecule has 0 unspecified atom stereocenters. The van der Waals surface area contributed by atoms with Crippen molar-refractivity contribution < 1.29 is 4.52 Å². The quantitative estimate of drug-likeness (QED) is 0.742. The van der Waals surface area contributed by atoms with Gasteiger partial charge in [0.15, 0.2) is 0 Å². The van der Waals surface area contributed by atoms with E-state index >= 15 is 0 Å². The molecule has 0 aliphatic heterocycles. The van der Waals surface area contributed by atoms with Crippen molar-refractivity contribution in [2.24, 2.45) is 0 Å². The van der Waals surface area contributed by atoms with Crippen LogP contribution in [0.4, 0.5) is 0 Å². The predicted molar refractivity (Wildman–Crippen MR) is 60.2 cm³/mol. The lowest BCUT2D eigenvalue weighted by atomic mass is 10.2. The van der Waals surface area contributed by atoms with E-state index in [2.05, 4.69) is 48.7 Å². The van der Waals surface area contributed by atoms with Crippen LogP contribution in [0.25, 0.3) is 11.5 Å². The van der Waals surface area contributed by atoms with Gasteiger partial charge < -0.3 is 4.52 Å². The molecule has 1 heterocycles. The topological polar surface area (TPSA) is 38.9 Å². The van der Waals surface area contributed by atoms with Gasteiger partial charge in [-0.3, -0.25) is 0 Å². The number of nitrogens with zero attached hydrogens (tertiary/aromatic N) is 2. The largest absolute Gasteiger partial charge is 0.333 e. The van der Waals surface area contributed by atoms with Crippen molar-refractivity contribution in [1.82, 2.24) is 10.1 Å². The Kier molecular flexibility index (Phi) is 2.63. The first-order valence-corrected chi connectivity index (χ1v) is 5.38. The van der Waals surface area contributed by atoms with Crippen LogP contribution in [-0.4, -0.2) is 10.1 Å². The van der Waals surface area contributed by atoms with E-state index < -0.39 is 0 Å². The van der Waals surface area contributed by atoms with Crippen molar-refractivity contribution in [1.29, 1.82) is 0 Å². The molecule has 0 aliphatic carbocycles. The van der Waals surface area contributed by atoms with E-state index in [1.54, 1.807) is 0 Å². The van der Waals surface area contributed by atoms with Crippen molar-refractivity contribution in [2.45, 2.75) is 0 Å². The maximum atomic E-state index is 4.99. The Labute approximate surface area is 96.8 Å². The first kappa shape index (κ1) is 9.14. The molecule has 2 rings (SSSR count). The number of aromatic nitrogens is 2. The Morgan fingerprint density at radius 2 is 2.23 bits per heavy atom. The number of rotatable bonds is 1. The van der Waals surface area contributed by atoms with Gasteiger partial charge in [-0.25, -0.2) is 0 Å². The van der Waals surface area contributed by atoms with Gasteiger partial charge in [-0.2, -0.15) is 4.98 Å². The van der Waals surface area contributed by atoms with Crippen LogP contribution < -0.4 is 0 Å². The molecular formula is C8H4BrIN2O. The highest BCUT2D eigenvalue weighted by atomic mass is 127. The number of benzene rings is 1. The van der Waals surface area contributed by atoms with Gasteiger partial charge >= 0.3 is 0 Å². The van der Waals surface area contributed by atoms with Crippen LogP contribution in [0, 0.1) is 3.57 Å². The first-order chi connectivity index (χ1) is 6.25. The molecule has 66 valence electrons. The van der Waals surface area contributed by atoms with E-state index in [4.69, 9.17) is 4.52 Å². The SMILES string of the molecule is Brc1noc(-c2cccc(I)c2)n1. The second-order valence-corrected chi connectivity index (χ2v) is 4.33. The molecule has 0 aliphatic rings. The zero-order chi connectivity index (χ0) is 9.26. The molecule has 0 atom stereocenters. The standard InChI is InChI=1S/C8H4BrIN2O/c9-8-11-7(13-12-8)5-2-1-3-6(10)4-5/h1-4H. The Bertz CT molecular complexity index is 430. The van der Waals surface area contributed by atoms with Crippen LogP contribution >= 0.6 is 38.5 Å². The van der Waals surface area contributed by atoms with Crippen molar-refractivity contribution >= 4 is 38.5 Å². The summed E-state index contributed by atoms with van der Waals surface area (Å²) in [4.78, 5) is 4.06. The molecule has 0 saturated carbocycles. The van der Waals surface area contributed by atoms with Crippen LogP contribution in [0.1, 0.15) is 0 Å². The molecular weight excluding hydrogens is 347 g/mol. The normalized spacial score (nSPS) is 10.3. The molecule has 0 fully saturated rings. The molecule has 0 N–H and O–H groups in total. The van der Waals surface area contributed by atoms with Gasteiger partial charge in [-0.05, 0) is 61.9 Å². The summed E-state index contributed by atoms with van der Waals surface area (Å²) < 4.78 is 6.61. The second kappa shape index (κ2) is 3.75. The second-order valence-electron chi connectivity index (χ2n) is 2.38. The average Bonchev–Trinajstić information content (AvgIpc) is 2.52. The zero-order valence-corrected chi connectivity index (χ0v) is 10.1. The maximum Gasteiger partial charge on any atom is 0.258 e. The smallest absolute Gasteiger partial charge is 0.258 e. The highest BCUT2D eigenvalue weighted by Crippen LogP contribution is 2.20. The zero-order valence-electron chi connectivity index (χ0n) is 6.37. The van der Waals surface area contributed by atoms with Gasteiger partial charge in [-0.1, -0.05) is 6.07 Å². The Hall–Kier alpha value is -0.430. The molecule has 2 aromatic rings. The third-order valence-electron chi connectivity index (χ3n) is 1.47. The molecule has 0 bridgehead atoms. The lowest BCUT2D eigenvalue weighted by molar-refractivity contribution is 0.426. The fourth-order valence-corrected chi connectivity index (χ4v) is 1.72. The monoisotopic (exact) mass is 350 g/mol. The van der Waals surface area contributed by atoms with Crippen LogP contribution in [-0.2, 0) is 0 Å². The van der Waals surface area contributed by atoms with Crippen molar-refractivity contribution in [3.05, 3.63) is 32.6 Å². The Morgan fingerprint density at radius 1 is 1.38 bits per heavy atom. The van der Waals surface area contributed by atoms with Gasteiger partial charge in [0.2, 0.25) is 4.73 Å². The van der Waals surface area contributed by atoms with Gasteiger partial charge in [0.25, 0.3) is 5.89 Å². The van der Waals surface area contributed by atoms with Gasteiger partial charge in [0.1, 0.15) is 0 Å². The van der Waals surface area contributed by atoms with E-state index in [1.807, 2.05) is 24.3 Å². The highest BCUT2D eigenvalue weighted by molar-refractivity contribution is 14.1. The average molecular weight is 351 g/mol. The maximum absolute atomic E-state index is 4.99. The van der Waals surface area contributed by atoms with Crippen molar-refractivity contribution in [2.75, 3.05) is 0 Å². The molecule has 0 radical (unpaired) electrons. The van der Waals surface area contributed by atoms with Crippen LogP contribution in [0.15, 0.2) is 33.5 Å². The van der Waals surface area contributed by atoms with Gasteiger partial charge in [0.05, 0.1) is 0 Å². The lowest BCUT2D eigenvalue weighted by Gasteiger charge is -1.93. The molecule has 1 aromatic heterocycles. The Morgan fingerprint density at radius 3 is 2.85 bits per heavy atom. The Balaban J connectivity index is 2.46. The van der Waals surface area contributed by atoms with E-state index in [0.717, 1.165) is 9.13 Å². The van der Waals surface area contributed by atoms with Crippen LogP contribution in [0.5, 0.6) is 0 Å². The van der Waals surface area contributed by atoms with E-state index in [0.29, 0.717) is 10.6 Å². The van der Waals surface area contributed by atoms with E-state index in [1.165, 1.54) is 0 Å². The van der Waals surface area contributed by atoms with E-state index in [-0.39, 0.29) is 0 Å². The fraction of sp³-hybridized carbons (Fsp3) is 0. The third kappa shape index (κ3) is 2.08. The summed E-state index contributed by atoms with van der Waals surface area (Å²) in [5.41, 5.74) is 0.935.